The largest absolute Gasteiger partial charge is 0.493 e. The van der Waals surface area contributed by atoms with E-state index < -0.39 is 14.5 Å². The molecule has 456 valence electrons. The van der Waals surface area contributed by atoms with Crippen LogP contribution in [-0.4, -0.2) is 218 Å². The highest BCUT2D eigenvalue weighted by atomic mass is 31.2. The molecule has 0 aromatic heterocycles. The van der Waals surface area contributed by atoms with Gasteiger partial charge in [-0.3, -0.25) is 0 Å². The summed E-state index contributed by atoms with van der Waals surface area (Å²) in [6.07, 6.45) is 9.97. The summed E-state index contributed by atoms with van der Waals surface area (Å²) < 4.78 is 40.8. The topological polar surface area (TPSA) is 55.4 Å². The third-order valence-electron chi connectivity index (χ3n) is 15.8. The van der Waals surface area contributed by atoms with Crippen LogP contribution in [0.1, 0.15) is 121 Å². The third-order valence-corrected chi connectivity index (χ3v) is 19.1. The van der Waals surface area contributed by atoms with Crippen LogP contribution in [-0.2, 0) is 19.3 Å². The molecule has 0 aliphatic rings. The van der Waals surface area contributed by atoms with E-state index in [4.69, 9.17) is 28.4 Å². The lowest BCUT2D eigenvalue weighted by Crippen LogP contribution is -2.48. The third kappa shape index (κ3) is 30.3. The van der Waals surface area contributed by atoms with Crippen LogP contribution in [0.4, 0.5) is 0 Å². The minimum atomic E-state index is -0.699. The molecule has 0 atom stereocenters. The zero-order valence-electron chi connectivity index (χ0n) is 56.3. The van der Waals surface area contributed by atoms with Crippen molar-refractivity contribution in [2.75, 3.05) is 200 Å². The number of ether oxygens (including phenoxy) is 6. The van der Waals surface area contributed by atoms with E-state index in [0.29, 0.717) is 0 Å². The lowest BCUT2D eigenvalue weighted by molar-refractivity contribution is -0.923. The van der Waals surface area contributed by atoms with E-state index in [2.05, 4.69) is 202 Å². The van der Waals surface area contributed by atoms with Crippen LogP contribution in [0.25, 0.3) is 0 Å². The Bertz CT molecular complexity index is 2110. The van der Waals surface area contributed by atoms with E-state index in [9.17, 15) is 0 Å². The second kappa shape index (κ2) is 36.7. The zero-order valence-corrected chi connectivity index (χ0v) is 58.1. The molecule has 0 radical (unpaired) electrons. The summed E-state index contributed by atoms with van der Waals surface area (Å²) in [5.74, 6) is 6.10. The van der Waals surface area contributed by atoms with Gasteiger partial charge in [-0.1, -0.05) is 20.8 Å². The predicted molar refractivity (Wildman–Crippen MR) is 352 cm³/mol. The highest BCUT2D eigenvalue weighted by Gasteiger charge is 2.23. The molecule has 0 aliphatic carbocycles. The monoisotopic (exact) mass is 1150 g/mol. The molecule has 3 aromatic carbocycles. The van der Waals surface area contributed by atoms with E-state index >= 15 is 0 Å². The van der Waals surface area contributed by atoms with E-state index in [1.165, 1.54) is 101 Å². The van der Waals surface area contributed by atoms with Crippen LogP contribution in [0, 0.1) is 20.8 Å². The Morgan fingerprint density at radius 2 is 0.557 bits per heavy atom. The number of rotatable bonds is 37. The van der Waals surface area contributed by atoms with Crippen molar-refractivity contribution >= 4 is 14.5 Å². The Labute approximate surface area is 490 Å². The molecule has 10 nitrogen and oxygen atoms in total. The highest BCUT2D eigenvalue weighted by molar-refractivity contribution is 7.74. The van der Waals surface area contributed by atoms with Crippen LogP contribution in [0.15, 0.2) is 36.4 Å². The van der Waals surface area contributed by atoms with Gasteiger partial charge in [0.2, 0.25) is 0 Å². The number of benzene rings is 3. The van der Waals surface area contributed by atoms with Gasteiger partial charge in [0.1, 0.15) is 60.8 Å². The average molecular weight is 1150 g/mol. The summed E-state index contributed by atoms with van der Waals surface area (Å²) in [5, 5.41) is 0. The standard InChI is InChI=1S/C27H52N2O2.C21H40O2P2.C19H36N2O2/c1-9-25-23-26(30-20-16-18-28(10-2,11-3)12-4)24(8)22-27(25)31-21-17-19-29(13-5,14-6)15-7;1-9-19-17-20(22-12-10-14-24(3,4)5)18(2)16-21(19)23-13-11-15-25(6,7)8;1-9-17-15-18(22-12-10-20(3,4)5)16(2)14-19(17)23-13-11-21(6,7)8/h22-23H,9-21H2,1-8H3;16-17H,9-15H2,1-8H3;14-15H,9-13H2,1-8H3/q3*+2. The molecule has 0 unspecified atom stereocenters. The van der Waals surface area contributed by atoms with Crippen molar-refractivity contribution in [2.24, 2.45) is 0 Å². The molecule has 79 heavy (non-hydrogen) atoms. The van der Waals surface area contributed by atoms with Crippen molar-refractivity contribution in [1.82, 2.24) is 0 Å². The van der Waals surface area contributed by atoms with Gasteiger partial charge in [0.15, 0.2) is 0 Å². The summed E-state index contributed by atoms with van der Waals surface area (Å²) >= 11 is 0. The molecule has 0 spiro atoms. The summed E-state index contributed by atoms with van der Waals surface area (Å²) in [4.78, 5) is 0. The molecule has 0 bridgehead atoms. The fraction of sp³-hybridized carbons (Fsp3) is 0.731. The minimum Gasteiger partial charge on any atom is -0.493 e. The van der Waals surface area contributed by atoms with Crippen molar-refractivity contribution in [1.29, 1.82) is 0 Å². The van der Waals surface area contributed by atoms with Gasteiger partial charge >= 0.3 is 0 Å². The summed E-state index contributed by atoms with van der Waals surface area (Å²) in [6.45, 7) is 57.3. The maximum absolute atomic E-state index is 6.24. The summed E-state index contributed by atoms with van der Waals surface area (Å²) in [6, 6.07) is 13.0. The fourth-order valence-corrected chi connectivity index (χ4v) is 11.7. The Kier molecular flexibility index (Phi) is 34.4. The maximum Gasteiger partial charge on any atom is 0.137 e. The van der Waals surface area contributed by atoms with Gasteiger partial charge in [-0.15, -0.1) is 0 Å². The number of aryl methyl sites for hydroxylation is 6. The van der Waals surface area contributed by atoms with Gasteiger partial charge in [-0.25, -0.2) is 0 Å². The van der Waals surface area contributed by atoms with Crippen molar-refractivity contribution in [3.05, 3.63) is 69.8 Å². The second-order valence-electron chi connectivity index (χ2n) is 26.3. The highest BCUT2D eigenvalue weighted by Crippen LogP contribution is 2.47. The van der Waals surface area contributed by atoms with Crippen molar-refractivity contribution in [3.63, 3.8) is 0 Å². The minimum absolute atomic E-state index is 0.698. The lowest BCUT2D eigenvalue weighted by atomic mass is 10.1. The Morgan fingerprint density at radius 3 is 0.797 bits per heavy atom. The lowest BCUT2D eigenvalue weighted by Gasteiger charge is -2.35. The van der Waals surface area contributed by atoms with E-state index in [1.54, 1.807) is 0 Å². The molecule has 12 heteroatoms. The number of hydrogen-bond donors (Lipinski definition) is 0. The van der Waals surface area contributed by atoms with Crippen molar-refractivity contribution in [3.8, 4) is 34.5 Å². The number of nitrogens with zero attached hydrogens (tertiary/aromatic N) is 4. The average Bonchev–Trinajstić information content (AvgIpc) is 3.38. The van der Waals surface area contributed by atoms with Gasteiger partial charge in [0, 0.05) is 80.2 Å². The van der Waals surface area contributed by atoms with Crippen molar-refractivity contribution < 1.29 is 46.4 Å². The van der Waals surface area contributed by atoms with Crippen LogP contribution in [0.2, 0.25) is 0 Å². The second-order valence-corrected chi connectivity index (χ2v) is 36.4. The first-order valence-corrected chi connectivity index (χ1v) is 37.6. The van der Waals surface area contributed by atoms with Gasteiger partial charge < -0.3 is 46.4 Å². The van der Waals surface area contributed by atoms with Gasteiger partial charge in [0.25, 0.3) is 0 Å². The van der Waals surface area contributed by atoms with Gasteiger partial charge in [-0.2, -0.15) is 0 Å². The maximum atomic E-state index is 6.24. The Hall–Kier alpha value is -2.84. The summed E-state index contributed by atoms with van der Waals surface area (Å²) in [5.41, 5.74) is 7.23. The molecule has 0 fully saturated rings. The predicted octanol–water partition coefficient (Wildman–Crippen LogP) is 14.5. The zero-order chi connectivity index (χ0) is 60.1. The molecule has 3 rings (SSSR count). The smallest absolute Gasteiger partial charge is 0.137 e. The molecular weight excluding hydrogens is 1020 g/mol. The first-order valence-electron chi connectivity index (χ1n) is 31.0. The molecule has 0 heterocycles. The van der Waals surface area contributed by atoms with Crippen LogP contribution in [0.5, 0.6) is 34.5 Å². The van der Waals surface area contributed by atoms with E-state index in [-0.39, 0.29) is 0 Å². The van der Waals surface area contributed by atoms with E-state index in [0.717, 1.165) is 147 Å². The molecule has 0 aliphatic heterocycles. The molecular formula is C67H128N4O6P2+6. The number of quaternary nitrogens is 4. The summed E-state index contributed by atoms with van der Waals surface area (Å²) in [7, 11) is 11.7. The molecule has 0 amide bonds. The van der Waals surface area contributed by atoms with Crippen molar-refractivity contribution in [2.45, 2.75) is 128 Å². The van der Waals surface area contributed by atoms with Gasteiger partial charge in [-0.05, 0) is 151 Å². The molecule has 3 aromatic rings. The van der Waals surface area contributed by atoms with E-state index in [1.807, 2.05) is 0 Å². The number of hydrogen-bond acceptors (Lipinski definition) is 6. The fourth-order valence-electron chi connectivity index (χ4n) is 9.56. The van der Waals surface area contributed by atoms with Gasteiger partial charge in [0.05, 0.1) is 133 Å². The van der Waals surface area contributed by atoms with Crippen LogP contribution >= 0.6 is 14.5 Å². The molecule has 0 N–H and O–H groups in total. The quantitative estimate of drug-likeness (QED) is 0.0326. The first-order chi connectivity index (χ1) is 36.9. The molecule has 0 saturated heterocycles. The normalized spacial score (nSPS) is 12.3. The van der Waals surface area contributed by atoms with Crippen LogP contribution < -0.4 is 28.4 Å². The molecule has 0 saturated carbocycles. The van der Waals surface area contributed by atoms with Crippen LogP contribution in [0.3, 0.4) is 0 Å². The Balaban J connectivity index is 0.000000600. The SMILES string of the molecule is CCc1cc(OCCC[N+](CC)(CC)CC)c(C)cc1OCCC[N+](CC)(CC)CC.CCc1cc(OCCC[P+](C)(C)C)c(C)cc1OCCC[P+](C)(C)C.CCc1cc(OCC[N+](C)(C)C)c(C)cc1OCC[N+](C)(C)C. The first kappa shape index (κ1) is 74.2. The Morgan fingerprint density at radius 1 is 0.316 bits per heavy atom. The number of likely N-dealkylation sites (N-methyl/N-ethyl adjacent to an activating group) is 2.